The Bertz CT molecular complexity index is 599. The highest BCUT2D eigenvalue weighted by atomic mass is 19.1. The van der Waals surface area contributed by atoms with Gasteiger partial charge >= 0.3 is 0 Å². The van der Waals surface area contributed by atoms with Gasteiger partial charge in [0, 0.05) is 18.5 Å². The molecular formula is C15H20FN3. The Labute approximate surface area is 112 Å². The van der Waals surface area contributed by atoms with Gasteiger partial charge in [0.05, 0.1) is 11.0 Å². The van der Waals surface area contributed by atoms with Gasteiger partial charge in [-0.3, -0.25) is 0 Å². The number of aryl methyl sites for hydroxylation is 1. The number of aromatic nitrogens is 2. The van der Waals surface area contributed by atoms with Gasteiger partial charge in [0.25, 0.3) is 0 Å². The molecule has 1 aromatic heterocycles. The summed E-state index contributed by atoms with van der Waals surface area (Å²) in [5.41, 5.74) is 7.99. The molecule has 0 spiro atoms. The summed E-state index contributed by atoms with van der Waals surface area (Å²) in [6.45, 7) is 2.99. The third kappa shape index (κ3) is 2.25. The zero-order chi connectivity index (χ0) is 13.5. The largest absolute Gasteiger partial charge is 0.328 e. The fourth-order valence-electron chi connectivity index (χ4n) is 2.88. The molecule has 0 aliphatic heterocycles. The number of fused-ring (bicyclic) bond motifs is 1. The molecule has 0 radical (unpaired) electrons. The summed E-state index contributed by atoms with van der Waals surface area (Å²) in [4.78, 5) is 4.66. The van der Waals surface area contributed by atoms with Gasteiger partial charge in [-0.05, 0) is 43.9 Å². The van der Waals surface area contributed by atoms with Crippen LogP contribution in [0.15, 0.2) is 18.2 Å². The maximum atomic E-state index is 13.4. The van der Waals surface area contributed by atoms with Gasteiger partial charge < -0.3 is 10.3 Å². The van der Waals surface area contributed by atoms with Crippen molar-refractivity contribution in [3.05, 3.63) is 29.8 Å². The fourth-order valence-corrected chi connectivity index (χ4v) is 2.88. The maximum absolute atomic E-state index is 13.4. The third-order valence-electron chi connectivity index (χ3n) is 4.10. The zero-order valence-electron chi connectivity index (χ0n) is 11.3. The van der Waals surface area contributed by atoms with Crippen molar-refractivity contribution in [1.82, 2.24) is 9.55 Å². The van der Waals surface area contributed by atoms with Crippen molar-refractivity contribution < 1.29 is 4.39 Å². The van der Waals surface area contributed by atoms with Crippen molar-refractivity contribution in [3.63, 3.8) is 0 Å². The number of hydrogen-bond acceptors (Lipinski definition) is 2. The van der Waals surface area contributed by atoms with Crippen LogP contribution in [-0.2, 0) is 13.0 Å². The van der Waals surface area contributed by atoms with E-state index in [0.717, 1.165) is 49.1 Å². The second-order valence-electron chi connectivity index (χ2n) is 5.71. The van der Waals surface area contributed by atoms with E-state index in [1.165, 1.54) is 12.5 Å². The molecule has 102 valence electrons. The minimum atomic E-state index is -0.206. The second kappa shape index (κ2) is 4.60. The van der Waals surface area contributed by atoms with Crippen LogP contribution in [0.1, 0.15) is 38.4 Å². The number of imidazole rings is 1. The average molecular weight is 261 g/mol. The van der Waals surface area contributed by atoms with Gasteiger partial charge in [0.15, 0.2) is 0 Å². The highest BCUT2D eigenvalue weighted by Crippen LogP contribution is 2.33. The molecule has 0 atom stereocenters. The molecular weight excluding hydrogens is 241 g/mol. The molecule has 1 saturated carbocycles. The molecule has 3 rings (SSSR count). The smallest absolute Gasteiger partial charge is 0.125 e. The molecule has 0 amide bonds. The van der Waals surface area contributed by atoms with E-state index in [4.69, 9.17) is 5.73 Å². The van der Waals surface area contributed by atoms with Crippen molar-refractivity contribution in [1.29, 1.82) is 0 Å². The van der Waals surface area contributed by atoms with Crippen molar-refractivity contribution in [3.8, 4) is 0 Å². The molecule has 0 unspecified atom stereocenters. The van der Waals surface area contributed by atoms with E-state index in [1.54, 1.807) is 12.1 Å². The Hall–Kier alpha value is -1.42. The lowest BCUT2D eigenvalue weighted by Gasteiger charge is -2.37. The molecule has 4 heteroatoms. The highest BCUT2D eigenvalue weighted by Gasteiger charge is 2.34. The number of benzene rings is 1. The molecule has 1 aromatic carbocycles. The van der Waals surface area contributed by atoms with E-state index >= 15 is 0 Å². The number of nitrogens with zero attached hydrogens (tertiary/aromatic N) is 2. The number of hydrogen-bond donors (Lipinski definition) is 1. The predicted molar refractivity (Wildman–Crippen MR) is 74.5 cm³/mol. The fraction of sp³-hybridized carbons (Fsp3) is 0.533. The summed E-state index contributed by atoms with van der Waals surface area (Å²) in [6.07, 6.45) is 5.14. The minimum absolute atomic E-state index is 0.0919. The SMILES string of the molecule is CCCn1c(CC2(N)CCC2)nc2ccc(F)cc21. The van der Waals surface area contributed by atoms with Crippen LogP contribution in [-0.4, -0.2) is 15.1 Å². The van der Waals surface area contributed by atoms with E-state index < -0.39 is 0 Å². The highest BCUT2D eigenvalue weighted by molar-refractivity contribution is 5.76. The zero-order valence-corrected chi connectivity index (χ0v) is 11.3. The first-order valence-corrected chi connectivity index (χ1v) is 7.05. The van der Waals surface area contributed by atoms with E-state index in [2.05, 4.69) is 16.5 Å². The first kappa shape index (κ1) is 12.6. The summed E-state index contributed by atoms with van der Waals surface area (Å²) in [7, 11) is 0. The Kier molecular flexibility index (Phi) is 3.05. The molecule has 1 fully saturated rings. The quantitative estimate of drug-likeness (QED) is 0.919. The average Bonchev–Trinajstić information content (AvgIpc) is 2.66. The molecule has 2 aromatic rings. The van der Waals surface area contributed by atoms with Crippen LogP contribution in [0.5, 0.6) is 0 Å². The molecule has 2 N–H and O–H groups in total. The lowest BCUT2D eigenvalue weighted by Crippen LogP contribution is -2.48. The van der Waals surface area contributed by atoms with Crippen molar-refractivity contribution >= 4 is 11.0 Å². The second-order valence-corrected chi connectivity index (χ2v) is 5.71. The van der Waals surface area contributed by atoms with Gasteiger partial charge in [0.2, 0.25) is 0 Å². The van der Waals surface area contributed by atoms with E-state index in [9.17, 15) is 4.39 Å². The summed E-state index contributed by atoms with van der Waals surface area (Å²) < 4.78 is 15.5. The molecule has 1 heterocycles. The van der Waals surface area contributed by atoms with E-state index in [0.29, 0.717) is 0 Å². The standard InChI is InChI=1S/C15H20FN3/c1-2-8-19-13-9-11(16)4-5-12(13)18-14(19)10-15(17)6-3-7-15/h4-5,9H,2-3,6-8,10,17H2,1H3. The van der Waals surface area contributed by atoms with Gasteiger partial charge in [-0.1, -0.05) is 6.92 Å². The Morgan fingerprint density at radius 1 is 1.42 bits per heavy atom. The Morgan fingerprint density at radius 2 is 2.21 bits per heavy atom. The van der Waals surface area contributed by atoms with Crippen LogP contribution in [0.4, 0.5) is 4.39 Å². The number of nitrogens with two attached hydrogens (primary N) is 1. The summed E-state index contributed by atoms with van der Waals surface area (Å²) in [5.74, 6) is 0.798. The molecule has 19 heavy (non-hydrogen) atoms. The third-order valence-corrected chi connectivity index (χ3v) is 4.10. The van der Waals surface area contributed by atoms with Crippen LogP contribution in [0.2, 0.25) is 0 Å². The Balaban J connectivity index is 2.04. The first-order chi connectivity index (χ1) is 9.11. The van der Waals surface area contributed by atoms with Gasteiger partial charge in [-0.25, -0.2) is 9.37 Å². The monoisotopic (exact) mass is 261 g/mol. The summed E-state index contributed by atoms with van der Waals surface area (Å²) >= 11 is 0. The molecule has 0 saturated heterocycles. The minimum Gasteiger partial charge on any atom is -0.328 e. The number of rotatable bonds is 4. The lowest BCUT2D eigenvalue weighted by atomic mass is 9.75. The van der Waals surface area contributed by atoms with E-state index in [-0.39, 0.29) is 11.4 Å². The van der Waals surface area contributed by atoms with Crippen LogP contribution >= 0.6 is 0 Å². The van der Waals surface area contributed by atoms with Crippen molar-refractivity contribution in [2.24, 2.45) is 5.73 Å². The van der Waals surface area contributed by atoms with Gasteiger partial charge in [-0.2, -0.15) is 0 Å². The molecule has 1 aliphatic rings. The summed E-state index contributed by atoms with van der Waals surface area (Å²) in [5, 5.41) is 0. The molecule has 1 aliphatic carbocycles. The lowest BCUT2D eigenvalue weighted by molar-refractivity contribution is 0.241. The normalized spacial score (nSPS) is 17.6. The predicted octanol–water partition coefficient (Wildman–Crippen LogP) is 3.01. The Morgan fingerprint density at radius 3 is 2.84 bits per heavy atom. The molecule has 0 bridgehead atoms. The van der Waals surface area contributed by atoms with Crippen molar-refractivity contribution in [2.75, 3.05) is 0 Å². The first-order valence-electron chi connectivity index (χ1n) is 7.05. The van der Waals surface area contributed by atoms with Gasteiger partial charge in [-0.15, -0.1) is 0 Å². The van der Waals surface area contributed by atoms with Crippen LogP contribution in [0.3, 0.4) is 0 Å². The number of halogens is 1. The van der Waals surface area contributed by atoms with Crippen molar-refractivity contribution in [2.45, 2.75) is 51.1 Å². The van der Waals surface area contributed by atoms with E-state index in [1.807, 2.05) is 0 Å². The topological polar surface area (TPSA) is 43.8 Å². The molecule has 3 nitrogen and oxygen atoms in total. The summed E-state index contributed by atoms with van der Waals surface area (Å²) in [6, 6.07) is 4.80. The maximum Gasteiger partial charge on any atom is 0.125 e. The van der Waals surface area contributed by atoms with Crippen LogP contribution in [0.25, 0.3) is 11.0 Å². The van der Waals surface area contributed by atoms with Gasteiger partial charge in [0.1, 0.15) is 11.6 Å². The van der Waals surface area contributed by atoms with Crippen LogP contribution in [0, 0.1) is 5.82 Å². The van der Waals surface area contributed by atoms with Crippen LogP contribution < -0.4 is 5.73 Å².